The van der Waals surface area contributed by atoms with Crippen LogP contribution in [0.15, 0.2) is 30.3 Å². The zero-order valence-corrected chi connectivity index (χ0v) is 19.4. The summed E-state index contributed by atoms with van der Waals surface area (Å²) in [4.78, 5) is 0. The molecule has 0 unspecified atom stereocenters. The average molecular weight is 427 g/mol. The quantitative estimate of drug-likeness (QED) is 0.325. The van der Waals surface area contributed by atoms with Crippen LogP contribution in [0, 0.1) is 17.7 Å². The first-order chi connectivity index (χ1) is 15.2. The lowest BCUT2D eigenvalue weighted by atomic mass is 9.78. The summed E-state index contributed by atoms with van der Waals surface area (Å²) in [6, 6.07) is 9.13. The van der Waals surface area contributed by atoms with E-state index in [9.17, 15) is 4.39 Å². The van der Waals surface area contributed by atoms with Crippen LogP contribution in [0.1, 0.15) is 90.0 Å². The fraction of sp³-hybridized carbons (Fsp3) is 0.630. The maximum Gasteiger partial charge on any atom is 0.233 e. The molecule has 0 spiro atoms. The molecule has 1 aliphatic rings. The summed E-state index contributed by atoms with van der Waals surface area (Å²) in [5.41, 5.74) is 2.14. The standard InChI is InChI=1S/C27H39FN2O/c1-3-5-7-19-31-27-18-17-26(29-30-27)24-16-15-23(20-25(24)28)14-13-22-11-9-21(10-12-22)8-6-4-2/h15-18,20-22H,3-14,19H2,1-2H3. The highest BCUT2D eigenvalue weighted by Crippen LogP contribution is 2.34. The van der Waals surface area contributed by atoms with Gasteiger partial charge < -0.3 is 4.74 Å². The van der Waals surface area contributed by atoms with Crippen LogP contribution in [-0.4, -0.2) is 16.8 Å². The first kappa shape index (κ1) is 23.7. The van der Waals surface area contributed by atoms with E-state index in [1.165, 1.54) is 51.4 Å². The Bertz CT molecular complexity index is 769. The monoisotopic (exact) mass is 426 g/mol. The highest BCUT2D eigenvalue weighted by molar-refractivity contribution is 5.60. The van der Waals surface area contributed by atoms with Crippen molar-refractivity contribution in [2.45, 2.75) is 90.9 Å². The van der Waals surface area contributed by atoms with Gasteiger partial charge in [0.05, 0.1) is 12.3 Å². The largest absolute Gasteiger partial charge is 0.477 e. The summed E-state index contributed by atoms with van der Waals surface area (Å²) < 4.78 is 20.4. The van der Waals surface area contributed by atoms with E-state index in [-0.39, 0.29) is 5.82 Å². The van der Waals surface area contributed by atoms with Crippen LogP contribution in [0.2, 0.25) is 0 Å². The zero-order chi connectivity index (χ0) is 21.9. The minimum Gasteiger partial charge on any atom is -0.477 e. The molecule has 0 saturated heterocycles. The third-order valence-corrected chi connectivity index (χ3v) is 6.72. The van der Waals surface area contributed by atoms with E-state index >= 15 is 0 Å². The lowest BCUT2D eigenvalue weighted by Crippen LogP contribution is -2.15. The molecule has 1 heterocycles. The molecule has 0 N–H and O–H groups in total. The molecular formula is C27H39FN2O. The minimum absolute atomic E-state index is 0.216. The van der Waals surface area contributed by atoms with Crippen molar-refractivity contribution in [3.05, 3.63) is 41.7 Å². The first-order valence-electron chi connectivity index (χ1n) is 12.4. The predicted molar refractivity (Wildman–Crippen MR) is 126 cm³/mol. The Balaban J connectivity index is 1.47. The molecule has 1 saturated carbocycles. The number of benzene rings is 1. The van der Waals surface area contributed by atoms with Crippen LogP contribution in [-0.2, 0) is 6.42 Å². The summed E-state index contributed by atoms with van der Waals surface area (Å²) >= 11 is 0. The van der Waals surface area contributed by atoms with Crippen molar-refractivity contribution in [2.75, 3.05) is 6.61 Å². The van der Waals surface area contributed by atoms with Gasteiger partial charge in [-0.3, -0.25) is 0 Å². The van der Waals surface area contributed by atoms with Crippen LogP contribution >= 0.6 is 0 Å². The van der Waals surface area contributed by atoms with Crippen molar-refractivity contribution < 1.29 is 9.13 Å². The van der Waals surface area contributed by atoms with Gasteiger partial charge in [-0.05, 0) is 54.9 Å². The number of hydrogen-bond donors (Lipinski definition) is 0. The van der Waals surface area contributed by atoms with Gasteiger partial charge in [0.25, 0.3) is 0 Å². The number of aryl methyl sites for hydroxylation is 1. The summed E-state index contributed by atoms with van der Waals surface area (Å²) in [7, 11) is 0. The van der Waals surface area contributed by atoms with Crippen LogP contribution in [0.4, 0.5) is 4.39 Å². The SMILES string of the molecule is CCCCCOc1ccc(-c2ccc(CCC3CCC(CCCC)CC3)cc2F)nn1. The lowest BCUT2D eigenvalue weighted by molar-refractivity contribution is 0.250. The van der Waals surface area contributed by atoms with Gasteiger partial charge in [0.15, 0.2) is 0 Å². The third-order valence-electron chi connectivity index (χ3n) is 6.72. The van der Waals surface area contributed by atoms with Crippen molar-refractivity contribution >= 4 is 0 Å². The molecule has 1 aromatic carbocycles. The van der Waals surface area contributed by atoms with Gasteiger partial charge in [0, 0.05) is 11.6 Å². The second-order valence-electron chi connectivity index (χ2n) is 9.19. The maximum atomic E-state index is 14.8. The van der Waals surface area contributed by atoms with E-state index in [4.69, 9.17) is 4.74 Å². The Morgan fingerprint density at radius 1 is 0.871 bits per heavy atom. The Morgan fingerprint density at radius 3 is 2.26 bits per heavy atom. The molecule has 1 fully saturated rings. The molecule has 3 rings (SSSR count). The second-order valence-corrected chi connectivity index (χ2v) is 9.19. The summed E-state index contributed by atoms with van der Waals surface area (Å²) in [5.74, 6) is 2.03. The van der Waals surface area contributed by atoms with Crippen LogP contribution in [0.5, 0.6) is 5.88 Å². The van der Waals surface area contributed by atoms with Gasteiger partial charge in [0.1, 0.15) is 5.82 Å². The molecule has 1 aliphatic carbocycles. The van der Waals surface area contributed by atoms with Gasteiger partial charge >= 0.3 is 0 Å². The Kier molecular flexibility index (Phi) is 9.77. The Hall–Kier alpha value is -1.97. The highest BCUT2D eigenvalue weighted by Gasteiger charge is 2.20. The smallest absolute Gasteiger partial charge is 0.233 e. The number of nitrogens with zero attached hydrogens (tertiary/aromatic N) is 2. The van der Waals surface area contributed by atoms with Gasteiger partial charge in [-0.15, -0.1) is 10.2 Å². The molecule has 0 aliphatic heterocycles. The molecular weight excluding hydrogens is 387 g/mol. The van der Waals surface area contributed by atoms with E-state index in [1.54, 1.807) is 18.2 Å². The number of unbranched alkanes of at least 4 members (excludes halogenated alkanes) is 3. The molecule has 170 valence electrons. The molecule has 0 atom stereocenters. The number of ether oxygens (including phenoxy) is 1. The third kappa shape index (κ3) is 7.59. The van der Waals surface area contributed by atoms with Crippen molar-refractivity contribution in [3.8, 4) is 17.1 Å². The fourth-order valence-electron chi connectivity index (χ4n) is 4.66. The maximum absolute atomic E-state index is 14.8. The normalized spacial score (nSPS) is 18.8. The van der Waals surface area contributed by atoms with Gasteiger partial charge in [-0.1, -0.05) is 77.7 Å². The number of aromatic nitrogens is 2. The zero-order valence-electron chi connectivity index (χ0n) is 19.4. The van der Waals surface area contributed by atoms with Gasteiger partial charge in [-0.2, -0.15) is 0 Å². The van der Waals surface area contributed by atoms with Crippen LogP contribution in [0.25, 0.3) is 11.3 Å². The molecule has 0 bridgehead atoms. The van der Waals surface area contributed by atoms with Crippen molar-refractivity contribution in [3.63, 3.8) is 0 Å². The van der Waals surface area contributed by atoms with Crippen LogP contribution in [0.3, 0.4) is 0 Å². The molecule has 1 aromatic heterocycles. The molecule has 31 heavy (non-hydrogen) atoms. The van der Waals surface area contributed by atoms with Crippen LogP contribution < -0.4 is 4.74 Å². The number of hydrogen-bond acceptors (Lipinski definition) is 3. The first-order valence-corrected chi connectivity index (χ1v) is 12.4. The highest BCUT2D eigenvalue weighted by atomic mass is 19.1. The van der Waals surface area contributed by atoms with E-state index < -0.39 is 0 Å². The Labute approximate surface area is 187 Å². The van der Waals surface area contributed by atoms with Gasteiger partial charge in [0.2, 0.25) is 5.88 Å². The van der Waals surface area contributed by atoms with E-state index in [2.05, 4.69) is 24.0 Å². The van der Waals surface area contributed by atoms with E-state index in [0.717, 1.165) is 43.1 Å². The molecule has 3 nitrogen and oxygen atoms in total. The summed E-state index contributed by atoms with van der Waals surface area (Å²) in [5, 5.41) is 8.27. The minimum atomic E-state index is -0.216. The van der Waals surface area contributed by atoms with Crippen molar-refractivity contribution in [2.24, 2.45) is 11.8 Å². The molecule has 0 amide bonds. The molecule has 0 radical (unpaired) electrons. The number of rotatable bonds is 12. The number of halogens is 1. The van der Waals surface area contributed by atoms with E-state index in [1.807, 2.05) is 12.1 Å². The second kappa shape index (κ2) is 12.8. The topological polar surface area (TPSA) is 35.0 Å². The van der Waals surface area contributed by atoms with Crippen molar-refractivity contribution in [1.29, 1.82) is 0 Å². The summed E-state index contributed by atoms with van der Waals surface area (Å²) in [6.45, 7) is 5.08. The van der Waals surface area contributed by atoms with Crippen molar-refractivity contribution in [1.82, 2.24) is 10.2 Å². The average Bonchev–Trinajstić information content (AvgIpc) is 2.80. The summed E-state index contributed by atoms with van der Waals surface area (Å²) in [6.07, 6.45) is 15.0. The molecule has 4 heteroatoms. The predicted octanol–water partition coefficient (Wildman–Crippen LogP) is 7.78. The molecule has 2 aromatic rings. The lowest BCUT2D eigenvalue weighted by Gasteiger charge is -2.28. The Morgan fingerprint density at radius 2 is 1.61 bits per heavy atom. The fourth-order valence-corrected chi connectivity index (χ4v) is 4.66. The van der Waals surface area contributed by atoms with E-state index in [0.29, 0.717) is 23.7 Å². The van der Waals surface area contributed by atoms with Gasteiger partial charge in [-0.25, -0.2) is 4.39 Å².